The van der Waals surface area contributed by atoms with E-state index in [-0.39, 0.29) is 5.91 Å². The van der Waals surface area contributed by atoms with E-state index in [4.69, 9.17) is 0 Å². The number of piperazine rings is 1. The highest BCUT2D eigenvalue weighted by molar-refractivity contribution is 6.24. The molecule has 2 aromatic carbocycles. The third-order valence-corrected chi connectivity index (χ3v) is 4.33. The summed E-state index contributed by atoms with van der Waals surface area (Å²) in [7, 11) is 2.18. The topological polar surface area (TPSA) is 24.8 Å². The minimum absolute atomic E-state index is 0.132. The SMILES string of the molecule is C[NH+]1CCN(C(=O)/C(=C/c2ccccc2)c2ccccc2)CC1. The van der Waals surface area contributed by atoms with Gasteiger partial charge in [-0.1, -0.05) is 60.7 Å². The van der Waals surface area contributed by atoms with Gasteiger partial charge in [-0.3, -0.25) is 4.79 Å². The van der Waals surface area contributed by atoms with Gasteiger partial charge in [0.2, 0.25) is 0 Å². The van der Waals surface area contributed by atoms with Crippen LogP contribution < -0.4 is 4.90 Å². The molecule has 0 spiro atoms. The molecule has 0 aliphatic carbocycles. The maximum absolute atomic E-state index is 13.1. The van der Waals surface area contributed by atoms with Crippen LogP contribution in [0.25, 0.3) is 11.6 Å². The number of nitrogens with zero attached hydrogens (tertiary/aromatic N) is 1. The highest BCUT2D eigenvalue weighted by Crippen LogP contribution is 2.21. The van der Waals surface area contributed by atoms with Crippen molar-refractivity contribution >= 4 is 17.6 Å². The summed E-state index contributed by atoms with van der Waals surface area (Å²) in [6.07, 6.45) is 2.00. The standard InChI is InChI=1S/C20H22N2O/c1-21-12-14-22(15-13-21)20(23)19(18-10-6-3-7-11-18)16-17-8-4-2-5-9-17/h2-11,16H,12-15H2,1H3/p+1/b19-16+. The van der Waals surface area contributed by atoms with Crippen LogP contribution in [-0.4, -0.2) is 44.0 Å². The fourth-order valence-corrected chi connectivity index (χ4v) is 2.86. The molecule has 118 valence electrons. The molecule has 1 aliphatic heterocycles. The molecule has 1 fully saturated rings. The number of carbonyl (C=O) groups excluding carboxylic acids is 1. The summed E-state index contributed by atoms with van der Waals surface area (Å²) >= 11 is 0. The molecule has 3 rings (SSSR count). The molecule has 0 atom stereocenters. The molecule has 1 saturated heterocycles. The lowest BCUT2D eigenvalue weighted by atomic mass is 10.0. The Morgan fingerprint density at radius 2 is 1.52 bits per heavy atom. The van der Waals surface area contributed by atoms with E-state index in [1.54, 1.807) is 0 Å². The normalized spacial score (nSPS) is 16.4. The van der Waals surface area contributed by atoms with Crippen LogP contribution in [0.1, 0.15) is 11.1 Å². The Kier molecular flexibility index (Phi) is 4.89. The van der Waals surface area contributed by atoms with Crippen LogP contribution in [0, 0.1) is 0 Å². The molecule has 0 aromatic heterocycles. The Hall–Kier alpha value is -2.39. The number of hydrogen-bond acceptors (Lipinski definition) is 1. The van der Waals surface area contributed by atoms with Crippen LogP contribution in [0.4, 0.5) is 0 Å². The molecule has 0 unspecified atom stereocenters. The lowest BCUT2D eigenvalue weighted by Gasteiger charge is -2.30. The van der Waals surface area contributed by atoms with E-state index in [9.17, 15) is 4.79 Å². The molecule has 0 saturated carbocycles. The number of carbonyl (C=O) groups is 1. The number of benzene rings is 2. The summed E-state index contributed by atoms with van der Waals surface area (Å²) < 4.78 is 0. The predicted molar refractivity (Wildman–Crippen MR) is 94.0 cm³/mol. The van der Waals surface area contributed by atoms with E-state index in [0.717, 1.165) is 42.9 Å². The van der Waals surface area contributed by atoms with Gasteiger partial charge in [0, 0.05) is 5.57 Å². The van der Waals surface area contributed by atoms with E-state index in [1.807, 2.05) is 71.6 Å². The van der Waals surface area contributed by atoms with E-state index in [0.29, 0.717) is 0 Å². The molecular weight excluding hydrogens is 284 g/mol. The fraction of sp³-hybridized carbons (Fsp3) is 0.250. The average Bonchev–Trinajstić information content (AvgIpc) is 2.61. The van der Waals surface area contributed by atoms with Crippen LogP contribution in [0.5, 0.6) is 0 Å². The molecule has 2 aromatic rings. The van der Waals surface area contributed by atoms with Crippen LogP contribution in [0.2, 0.25) is 0 Å². The number of nitrogens with one attached hydrogen (secondary N) is 1. The maximum atomic E-state index is 13.1. The van der Waals surface area contributed by atoms with Crippen LogP contribution in [0.3, 0.4) is 0 Å². The molecule has 1 heterocycles. The van der Waals surface area contributed by atoms with Gasteiger partial charge in [0.15, 0.2) is 0 Å². The summed E-state index contributed by atoms with van der Waals surface area (Å²) in [6, 6.07) is 20.0. The van der Waals surface area contributed by atoms with Crippen molar-refractivity contribution in [3.05, 3.63) is 71.8 Å². The second-order valence-electron chi connectivity index (χ2n) is 6.08. The van der Waals surface area contributed by atoms with Crippen molar-refractivity contribution in [2.45, 2.75) is 0 Å². The minimum Gasteiger partial charge on any atom is -0.334 e. The lowest BCUT2D eigenvalue weighted by molar-refractivity contribution is -0.883. The zero-order valence-electron chi connectivity index (χ0n) is 13.5. The molecule has 3 nitrogen and oxygen atoms in total. The van der Waals surface area contributed by atoms with Crippen LogP contribution >= 0.6 is 0 Å². The van der Waals surface area contributed by atoms with Crippen LogP contribution in [-0.2, 0) is 4.79 Å². The van der Waals surface area contributed by atoms with Gasteiger partial charge >= 0.3 is 0 Å². The Balaban J connectivity index is 1.92. The molecule has 0 radical (unpaired) electrons. The molecule has 0 bridgehead atoms. The zero-order chi connectivity index (χ0) is 16.1. The summed E-state index contributed by atoms with van der Waals surface area (Å²) in [5.41, 5.74) is 2.81. The number of rotatable bonds is 3. The Bertz CT molecular complexity index is 671. The van der Waals surface area contributed by atoms with Gasteiger partial charge in [-0.2, -0.15) is 0 Å². The third kappa shape index (κ3) is 3.88. The quantitative estimate of drug-likeness (QED) is 0.676. The number of hydrogen-bond donors (Lipinski definition) is 1. The first-order valence-corrected chi connectivity index (χ1v) is 8.17. The molecule has 1 N–H and O–H groups in total. The number of amides is 1. The van der Waals surface area contributed by atoms with Crippen molar-refractivity contribution in [2.24, 2.45) is 0 Å². The lowest BCUT2D eigenvalue weighted by Crippen LogP contribution is -3.12. The first-order valence-electron chi connectivity index (χ1n) is 8.17. The summed E-state index contributed by atoms with van der Waals surface area (Å²) in [6.45, 7) is 3.67. The maximum Gasteiger partial charge on any atom is 0.254 e. The van der Waals surface area contributed by atoms with Gasteiger partial charge in [0.05, 0.1) is 33.2 Å². The Morgan fingerprint density at radius 3 is 2.13 bits per heavy atom. The molecule has 23 heavy (non-hydrogen) atoms. The smallest absolute Gasteiger partial charge is 0.254 e. The second kappa shape index (κ2) is 7.25. The average molecular weight is 307 g/mol. The van der Waals surface area contributed by atoms with E-state index >= 15 is 0 Å². The zero-order valence-corrected chi connectivity index (χ0v) is 13.5. The minimum atomic E-state index is 0.132. The number of quaternary nitrogens is 1. The second-order valence-corrected chi connectivity index (χ2v) is 6.08. The van der Waals surface area contributed by atoms with Gasteiger partial charge in [-0.25, -0.2) is 0 Å². The monoisotopic (exact) mass is 307 g/mol. The summed E-state index contributed by atoms with van der Waals surface area (Å²) in [5.74, 6) is 0.132. The van der Waals surface area contributed by atoms with Gasteiger partial charge in [0.1, 0.15) is 0 Å². The van der Waals surface area contributed by atoms with Crippen molar-refractivity contribution in [1.82, 2.24) is 4.90 Å². The fourth-order valence-electron chi connectivity index (χ4n) is 2.86. The van der Waals surface area contributed by atoms with E-state index < -0.39 is 0 Å². The number of likely N-dealkylation sites (N-methyl/N-ethyl adjacent to an activating group) is 1. The molecule has 1 aliphatic rings. The summed E-state index contributed by atoms with van der Waals surface area (Å²) in [5, 5.41) is 0. The highest BCUT2D eigenvalue weighted by Gasteiger charge is 2.24. The predicted octanol–water partition coefficient (Wildman–Crippen LogP) is 1.58. The van der Waals surface area contributed by atoms with Crippen LogP contribution in [0.15, 0.2) is 60.7 Å². The van der Waals surface area contributed by atoms with Crippen molar-refractivity contribution in [1.29, 1.82) is 0 Å². The molecular formula is C20H23N2O+. The van der Waals surface area contributed by atoms with Crippen molar-refractivity contribution in [3.63, 3.8) is 0 Å². The Labute approximate surface area is 137 Å². The van der Waals surface area contributed by atoms with Gasteiger partial charge < -0.3 is 9.80 Å². The van der Waals surface area contributed by atoms with Crippen molar-refractivity contribution in [3.8, 4) is 0 Å². The summed E-state index contributed by atoms with van der Waals surface area (Å²) in [4.78, 5) is 16.5. The van der Waals surface area contributed by atoms with Gasteiger partial charge in [-0.05, 0) is 17.2 Å². The van der Waals surface area contributed by atoms with Crippen molar-refractivity contribution < 1.29 is 9.69 Å². The molecule has 1 amide bonds. The third-order valence-electron chi connectivity index (χ3n) is 4.33. The first kappa shape index (κ1) is 15.5. The van der Waals surface area contributed by atoms with Gasteiger partial charge in [-0.15, -0.1) is 0 Å². The largest absolute Gasteiger partial charge is 0.334 e. The van der Waals surface area contributed by atoms with E-state index in [1.165, 1.54) is 4.90 Å². The van der Waals surface area contributed by atoms with Crippen molar-refractivity contribution in [2.75, 3.05) is 33.2 Å². The molecule has 3 heteroatoms. The Morgan fingerprint density at radius 1 is 0.957 bits per heavy atom. The van der Waals surface area contributed by atoms with E-state index in [2.05, 4.69) is 7.05 Å². The highest BCUT2D eigenvalue weighted by atomic mass is 16.2. The first-order chi connectivity index (χ1) is 11.2. The van der Waals surface area contributed by atoms with Gasteiger partial charge in [0.25, 0.3) is 5.91 Å².